The van der Waals surface area contributed by atoms with Crippen LogP contribution >= 0.6 is 27.3 Å². The van der Waals surface area contributed by atoms with Gasteiger partial charge >= 0.3 is 0 Å². The van der Waals surface area contributed by atoms with Gasteiger partial charge in [0.2, 0.25) is 0 Å². The SMILES string of the molecule is CCN(Cc1cccs1)C(c1cccc(Br)c1)C(C)N. The molecule has 20 heavy (non-hydrogen) atoms. The smallest absolute Gasteiger partial charge is 0.0500 e. The lowest BCUT2D eigenvalue weighted by molar-refractivity contribution is 0.178. The lowest BCUT2D eigenvalue weighted by Gasteiger charge is -2.33. The molecule has 0 saturated carbocycles. The monoisotopic (exact) mass is 352 g/mol. The Balaban J connectivity index is 2.26. The van der Waals surface area contributed by atoms with Gasteiger partial charge in [0.15, 0.2) is 0 Å². The molecule has 0 radical (unpaired) electrons. The molecule has 2 N–H and O–H groups in total. The van der Waals surface area contributed by atoms with Crippen molar-refractivity contribution in [1.82, 2.24) is 4.90 Å². The van der Waals surface area contributed by atoms with Crippen LogP contribution in [0.25, 0.3) is 0 Å². The van der Waals surface area contributed by atoms with Crippen LogP contribution in [0.4, 0.5) is 0 Å². The van der Waals surface area contributed by atoms with Crippen LogP contribution in [0.15, 0.2) is 46.3 Å². The molecule has 108 valence electrons. The van der Waals surface area contributed by atoms with E-state index in [2.05, 4.69) is 76.5 Å². The second-order valence-corrected chi connectivity index (χ2v) is 6.95. The highest BCUT2D eigenvalue weighted by Crippen LogP contribution is 2.28. The van der Waals surface area contributed by atoms with Gasteiger partial charge in [0.05, 0.1) is 6.04 Å². The second-order valence-electron chi connectivity index (χ2n) is 5.00. The maximum atomic E-state index is 6.27. The van der Waals surface area contributed by atoms with E-state index in [0.29, 0.717) is 0 Å². The molecule has 1 aromatic heterocycles. The first kappa shape index (κ1) is 15.7. The van der Waals surface area contributed by atoms with Crippen LogP contribution in [0, 0.1) is 0 Å². The number of hydrogen-bond acceptors (Lipinski definition) is 3. The van der Waals surface area contributed by atoms with Gasteiger partial charge in [-0.25, -0.2) is 0 Å². The quantitative estimate of drug-likeness (QED) is 0.833. The molecule has 2 aromatic rings. The number of thiophene rings is 1. The Labute approximate surface area is 133 Å². The summed E-state index contributed by atoms with van der Waals surface area (Å²) in [5.41, 5.74) is 7.54. The highest BCUT2D eigenvalue weighted by atomic mass is 79.9. The first-order valence-electron chi connectivity index (χ1n) is 6.89. The number of hydrogen-bond donors (Lipinski definition) is 1. The van der Waals surface area contributed by atoms with Gasteiger partial charge in [0, 0.05) is 21.9 Å². The van der Waals surface area contributed by atoms with Crippen molar-refractivity contribution in [3.05, 3.63) is 56.7 Å². The van der Waals surface area contributed by atoms with Crippen LogP contribution in [-0.2, 0) is 6.54 Å². The first-order chi connectivity index (χ1) is 9.61. The normalized spacial score (nSPS) is 14.4. The average molecular weight is 353 g/mol. The number of nitrogens with two attached hydrogens (primary N) is 1. The van der Waals surface area contributed by atoms with E-state index in [4.69, 9.17) is 5.73 Å². The molecular formula is C16H21BrN2S. The highest BCUT2D eigenvalue weighted by Gasteiger charge is 2.23. The van der Waals surface area contributed by atoms with E-state index in [1.807, 2.05) is 0 Å². The number of rotatable bonds is 6. The van der Waals surface area contributed by atoms with E-state index in [0.717, 1.165) is 17.6 Å². The van der Waals surface area contributed by atoms with Gasteiger partial charge in [-0.15, -0.1) is 11.3 Å². The molecule has 0 aliphatic carbocycles. The largest absolute Gasteiger partial charge is 0.326 e. The molecule has 2 rings (SSSR count). The van der Waals surface area contributed by atoms with Crippen molar-refractivity contribution in [2.75, 3.05) is 6.54 Å². The van der Waals surface area contributed by atoms with Gasteiger partial charge in [-0.1, -0.05) is 41.1 Å². The molecule has 1 aromatic carbocycles. The molecule has 0 fully saturated rings. The van der Waals surface area contributed by atoms with Crippen molar-refractivity contribution in [1.29, 1.82) is 0 Å². The van der Waals surface area contributed by atoms with Crippen molar-refractivity contribution in [3.8, 4) is 0 Å². The maximum absolute atomic E-state index is 6.27. The van der Waals surface area contributed by atoms with Crippen molar-refractivity contribution < 1.29 is 0 Å². The van der Waals surface area contributed by atoms with Crippen LogP contribution in [0.1, 0.15) is 30.3 Å². The summed E-state index contributed by atoms with van der Waals surface area (Å²) in [5.74, 6) is 0. The molecule has 2 unspecified atom stereocenters. The summed E-state index contributed by atoms with van der Waals surface area (Å²) in [5, 5.41) is 2.13. The Morgan fingerprint density at radius 3 is 2.65 bits per heavy atom. The molecule has 2 atom stereocenters. The Bertz CT molecular complexity index is 525. The van der Waals surface area contributed by atoms with E-state index in [9.17, 15) is 0 Å². The number of nitrogens with zero attached hydrogens (tertiary/aromatic N) is 1. The molecule has 0 aliphatic rings. The minimum absolute atomic E-state index is 0.0872. The molecule has 2 nitrogen and oxygen atoms in total. The van der Waals surface area contributed by atoms with Crippen LogP contribution in [0.2, 0.25) is 0 Å². The van der Waals surface area contributed by atoms with Crippen LogP contribution in [-0.4, -0.2) is 17.5 Å². The van der Waals surface area contributed by atoms with Crippen molar-refractivity contribution in [3.63, 3.8) is 0 Å². The third-order valence-electron chi connectivity index (χ3n) is 3.43. The lowest BCUT2D eigenvalue weighted by atomic mass is 9.99. The van der Waals surface area contributed by atoms with Crippen LogP contribution in [0.3, 0.4) is 0 Å². The maximum Gasteiger partial charge on any atom is 0.0500 e. The Hall–Kier alpha value is -0.680. The fourth-order valence-electron chi connectivity index (χ4n) is 2.55. The van der Waals surface area contributed by atoms with E-state index in [1.54, 1.807) is 11.3 Å². The zero-order chi connectivity index (χ0) is 14.5. The van der Waals surface area contributed by atoms with Crippen molar-refractivity contribution >= 4 is 27.3 Å². The third-order valence-corrected chi connectivity index (χ3v) is 4.78. The standard InChI is InChI=1S/C16H21BrN2S/c1-3-19(11-15-8-5-9-20-15)16(12(2)18)13-6-4-7-14(17)10-13/h4-10,12,16H,3,11,18H2,1-2H3. The molecular weight excluding hydrogens is 332 g/mol. The van der Waals surface area contributed by atoms with E-state index in [-0.39, 0.29) is 12.1 Å². The zero-order valence-electron chi connectivity index (χ0n) is 11.9. The van der Waals surface area contributed by atoms with Gasteiger partial charge in [-0.3, -0.25) is 4.90 Å². The van der Waals surface area contributed by atoms with Crippen LogP contribution < -0.4 is 5.73 Å². The summed E-state index contributed by atoms with van der Waals surface area (Å²) in [6.45, 7) is 6.22. The van der Waals surface area contributed by atoms with Gasteiger partial charge in [0.1, 0.15) is 0 Å². The fourth-order valence-corrected chi connectivity index (χ4v) is 3.69. The summed E-state index contributed by atoms with van der Waals surface area (Å²) in [7, 11) is 0. The van der Waals surface area contributed by atoms with Gasteiger partial charge < -0.3 is 5.73 Å². The molecule has 0 amide bonds. The Morgan fingerprint density at radius 2 is 2.10 bits per heavy atom. The first-order valence-corrected chi connectivity index (χ1v) is 8.56. The Kier molecular flexibility index (Phi) is 5.78. The summed E-state index contributed by atoms with van der Waals surface area (Å²) < 4.78 is 1.10. The molecule has 0 bridgehead atoms. The third kappa shape index (κ3) is 3.92. The van der Waals surface area contributed by atoms with Crippen molar-refractivity contribution in [2.45, 2.75) is 32.5 Å². The van der Waals surface area contributed by atoms with Gasteiger partial charge in [-0.05, 0) is 42.6 Å². The van der Waals surface area contributed by atoms with Gasteiger partial charge in [-0.2, -0.15) is 0 Å². The minimum Gasteiger partial charge on any atom is -0.326 e. The summed E-state index contributed by atoms with van der Waals surface area (Å²) in [6.07, 6.45) is 0. The zero-order valence-corrected chi connectivity index (χ0v) is 14.3. The number of likely N-dealkylation sites (N-methyl/N-ethyl adjacent to an activating group) is 1. The topological polar surface area (TPSA) is 29.3 Å². The number of benzene rings is 1. The molecule has 0 aliphatic heterocycles. The summed E-state index contributed by atoms with van der Waals surface area (Å²) in [4.78, 5) is 3.82. The summed E-state index contributed by atoms with van der Waals surface area (Å²) in [6, 6.07) is 13.1. The predicted octanol–water partition coefficient (Wildman–Crippen LogP) is 4.42. The average Bonchev–Trinajstić information content (AvgIpc) is 2.90. The summed E-state index contributed by atoms with van der Waals surface area (Å²) >= 11 is 5.36. The van der Waals surface area contributed by atoms with E-state index in [1.165, 1.54) is 10.4 Å². The molecule has 1 heterocycles. The minimum atomic E-state index is 0.0872. The molecule has 0 saturated heterocycles. The molecule has 4 heteroatoms. The number of halogens is 1. The second kappa shape index (κ2) is 7.36. The Morgan fingerprint density at radius 1 is 1.30 bits per heavy atom. The van der Waals surface area contributed by atoms with E-state index >= 15 is 0 Å². The predicted molar refractivity (Wildman–Crippen MR) is 90.9 cm³/mol. The lowest BCUT2D eigenvalue weighted by Crippen LogP contribution is -2.39. The van der Waals surface area contributed by atoms with Gasteiger partial charge in [0.25, 0.3) is 0 Å². The van der Waals surface area contributed by atoms with E-state index < -0.39 is 0 Å². The highest BCUT2D eigenvalue weighted by molar-refractivity contribution is 9.10. The van der Waals surface area contributed by atoms with Crippen molar-refractivity contribution in [2.24, 2.45) is 5.73 Å². The molecule has 0 spiro atoms. The fraction of sp³-hybridized carbons (Fsp3) is 0.375. The van der Waals surface area contributed by atoms with Crippen LogP contribution in [0.5, 0.6) is 0 Å².